The molecule has 0 aliphatic carbocycles. The predicted molar refractivity (Wildman–Crippen MR) is 93.5 cm³/mol. The molecule has 1 amide bonds. The normalized spacial score (nSPS) is 19.6. The number of hydrogen-bond acceptors (Lipinski definition) is 3. The third kappa shape index (κ3) is 3.31. The summed E-state index contributed by atoms with van der Waals surface area (Å²) in [6.45, 7) is 2.87. The first kappa shape index (κ1) is 17.4. The summed E-state index contributed by atoms with van der Waals surface area (Å²) in [6.07, 6.45) is 0.845. The molecule has 0 radical (unpaired) electrons. The van der Waals surface area contributed by atoms with Crippen LogP contribution in [0.2, 0.25) is 0 Å². The van der Waals surface area contributed by atoms with Crippen LogP contribution >= 0.6 is 12.2 Å². The Hall–Kier alpha value is -2.06. The number of carbonyl (C=O) groups excluding carboxylic acids is 1. The minimum Gasteiger partial charge on any atom is -0.378 e. The fourth-order valence-electron chi connectivity index (χ4n) is 3.76. The number of aromatic nitrogens is 2. The van der Waals surface area contributed by atoms with Crippen LogP contribution in [-0.2, 0) is 28.9 Å². The van der Waals surface area contributed by atoms with Gasteiger partial charge in [-0.15, -0.1) is 0 Å². The van der Waals surface area contributed by atoms with Gasteiger partial charge in [0.15, 0.2) is 4.77 Å². The first-order valence-electron chi connectivity index (χ1n) is 8.63. The molecule has 138 valence electrons. The topological polar surface area (TPSA) is 50.3 Å². The zero-order chi connectivity index (χ0) is 18.3. The maximum Gasteiger partial charge on any atom is 0.228 e. The molecule has 1 atom stereocenters. The van der Waals surface area contributed by atoms with E-state index in [1.165, 1.54) is 12.1 Å². The second-order valence-electron chi connectivity index (χ2n) is 6.74. The number of fused-ring (bicyclic) bond motifs is 1. The lowest BCUT2D eigenvalue weighted by atomic mass is 9.96. The van der Waals surface area contributed by atoms with Crippen molar-refractivity contribution in [3.05, 3.63) is 51.6 Å². The average molecular weight is 379 g/mol. The molecular weight excluding hydrogens is 360 g/mol. The first-order valence-corrected chi connectivity index (χ1v) is 9.04. The van der Waals surface area contributed by atoms with Gasteiger partial charge >= 0.3 is 0 Å². The van der Waals surface area contributed by atoms with Crippen molar-refractivity contribution >= 4 is 18.1 Å². The van der Waals surface area contributed by atoms with Gasteiger partial charge in [-0.1, -0.05) is 0 Å². The lowest BCUT2D eigenvalue weighted by molar-refractivity contribution is -0.134. The van der Waals surface area contributed by atoms with E-state index in [9.17, 15) is 13.6 Å². The fourth-order valence-corrected chi connectivity index (χ4v) is 4.06. The first-order chi connectivity index (χ1) is 12.5. The van der Waals surface area contributed by atoms with Crippen LogP contribution in [0.4, 0.5) is 8.78 Å². The Morgan fingerprint density at radius 1 is 1.23 bits per heavy atom. The van der Waals surface area contributed by atoms with E-state index in [4.69, 9.17) is 17.0 Å². The van der Waals surface area contributed by atoms with Gasteiger partial charge in [0.1, 0.15) is 11.6 Å². The summed E-state index contributed by atoms with van der Waals surface area (Å²) >= 11 is 5.38. The monoisotopic (exact) mass is 379 g/mol. The van der Waals surface area contributed by atoms with Crippen LogP contribution in [-0.4, -0.2) is 46.7 Å². The molecule has 8 heteroatoms. The highest BCUT2D eigenvalue weighted by Crippen LogP contribution is 2.32. The molecule has 2 aromatic rings. The molecule has 0 bridgehead atoms. The summed E-state index contributed by atoms with van der Waals surface area (Å²) in [4.78, 5) is 17.4. The fraction of sp³-hybridized carbons (Fsp3) is 0.444. The quantitative estimate of drug-likeness (QED) is 0.834. The van der Waals surface area contributed by atoms with Crippen molar-refractivity contribution in [3.63, 3.8) is 0 Å². The molecule has 2 aliphatic heterocycles. The van der Waals surface area contributed by atoms with Gasteiger partial charge in [0.05, 0.1) is 19.6 Å². The van der Waals surface area contributed by atoms with E-state index < -0.39 is 11.6 Å². The van der Waals surface area contributed by atoms with Gasteiger partial charge in [-0.05, 0) is 36.3 Å². The SMILES string of the molecule is O=C(Cc1[nH]c(=S)n2c1C[C@@H](c1cc(F)cc(F)c1)C2)N1CCOCC1. The maximum absolute atomic E-state index is 13.5. The number of rotatable bonds is 3. The van der Waals surface area contributed by atoms with Crippen molar-refractivity contribution in [2.75, 3.05) is 26.3 Å². The summed E-state index contributed by atoms with van der Waals surface area (Å²) in [5, 5.41) is 0. The molecule has 3 heterocycles. The van der Waals surface area contributed by atoms with Gasteiger partial charge in [-0.25, -0.2) is 8.78 Å². The van der Waals surface area contributed by atoms with Crippen molar-refractivity contribution in [1.82, 2.24) is 14.5 Å². The number of ether oxygens (including phenoxy) is 1. The molecule has 1 fully saturated rings. The van der Waals surface area contributed by atoms with Crippen LogP contribution < -0.4 is 0 Å². The van der Waals surface area contributed by atoms with E-state index in [0.29, 0.717) is 49.6 Å². The third-order valence-electron chi connectivity index (χ3n) is 5.07. The van der Waals surface area contributed by atoms with Crippen LogP contribution in [0.15, 0.2) is 18.2 Å². The van der Waals surface area contributed by atoms with Gasteiger partial charge in [0.25, 0.3) is 0 Å². The molecule has 5 nitrogen and oxygen atoms in total. The van der Waals surface area contributed by atoms with Gasteiger partial charge in [0.2, 0.25) is 5.91 Å². The lowest BCUT2D eigenvalue weighted by Crippen LogP contribution is -2.41. The van der Waals surface area contributed by atoms with Crippen molar-refractivity contribution in [2.45, 2.75) is 25.3 Å². The number of imidazole rings is 1. The van der Waals surface area contributed by atoms with Gasteiger partial charge in [0, 0.05) is 43.0 Å². The van der Waals surface area contributed by atoms with Crippen LogP contribution in [0.5, 0.6) is 0 Å². The zero-order valence-electron chi connectivity index (χ0n) is 14.1. The number of nitrogens with one attached hydrogen (secondary N) is 1. The van der Waals surface area contributed by atoms with Crippen molar-refractivity contribution < 1.29 is 18.3 Å². The molecular formula is C18H19F2N3O2S. The number of amides is 1. The van der Waals surface area contributed by atoms with Crippen molar-refractivity contribution in [1.29, 1.82) is 0 Å². The molecule has 2 aliphatic rings. The number of nitrogens with zero attached hydrogens (tertiary/aromatic N) is 2. The minimum absolute atomic E-state index is 0.0354. The Kier molecular flexibility index (Phi) is 4.62. The van der Waals surface area contributed by atoms with Crippen LogP contribution in [0.1, 0.15) is 22.9 Å². The molecule has 26 heavy (non-hydrogen) atoms. The van der Waals surface area contributed by atoms with E-state index in [-0.39, 0.29) is 18.2 Å². The Bertz CT molecular complexity index is 882. The minimum atomic E-state index is -0.579. The molecule has 1 N–H and O–H groups in total. The van der Waals surface area contributed by atoms with Crippen molar-refractivity contribution in [3.8, 4) is 0 Å². The second-order valence-corrected chi connectivity index (χ2v) is 7.13. The molecule has 0 spiro atoms. The molecule has 1 saturated heterocycles. The average Bonchev–Trinajstić information content (AvgIpc) is 3.17. The molecule has 0 unspecified atom stereocenters. The number of aromatic amines is 1. The summed E-state index contributed by atoms with van der Waals surface area (Å²) in [7, 11) is 0. The Balaban J connectivity index is 1.54. The highest BCUT2D eigenvalue weighted by molar-refractivity contribution is 7.71. The Morgan fingerprint density at radius 2 is 1.92 bits per heavy atom. The van der Waals surface area contributed by atoms with Crippen LogP contribution in [0, 0.1) is 16.4 Å². The number of carbonyl (C=O) groups is 1. The largest absolute Gasteiger partial charge is 0.378 e. The van der Waals surface area contributed by atoms with Crippen molar-refractivity contribution in [2.24, 2.45) is 0 Å². The van der Waals surface area contributed by atoms with Gasteiger partial charge in [-0.2, -0.15) is 0 Å². The number of halogens is 2. The standard InChI is InChI=1S/C18H19F2N3O2S/c19-13-5-11(6-14(20)8-13)12-7-16-15(21-18(26)23(16)10-12)9-17(24)22-1-3-25-4-2-22/h5-6,8,12H,1-4,7,9-10H2,(H,21,26)/t12-/m1/s1. The summed E-state index contributed by atoms with van der Waals surface area (Å²) in [6, 6.07) is 3.61. The van der Waals surface area contributed by atoms with E-state index in [1.807, 2.05) is 4.57 Å². The number of hydrogen-bond donors (Lipinski definition) is 1. The number of morpholine rings is 1. The Labute approximate surface area is 154 Å². The van der Waals surface area contributed by atoms with E-state index in [1.54, 1.807) is 4.90 Å². The summed E-state index contributed by atoms with van der Waals surface area (Å²) < 4.78 is 34.8. The van der Waals surface area contributed by atoms with Crippen LogP contribution in [0.3, 0.4) is 0 Å². The zero-order valence-corrected chi connectivity index (χ0v) is 15.0. The van der Waals surface area contributed by atoms with Gasteiger partial charge < -0.3 is 19.2 Å². The highest BCUT2D eigenvalue weighted by Gasteiger charge is 2.29. The summed E-state index contributed by atoms with van der Waals surface area (Å²) in [5.74, 6) is -1.18. The van der Waals surface area contributed by atoms with E-state index >= 15 is 0 Å². The smallest absolute Gasteiger partial charge is 0.228 e. The Morgan fingerprint density at radius 3 is 2.62 bits per heavy atom. The second kappa shape index (κ2) is 6.92. The molecule has 0 saturated carbocycles. The highest BCUT2D eigenvalue weighted by atomic mass is 32.1. The molecule has 4 rings (SSSR count). The maximum atomic E-state index is 13.5. The van der Waals surface area contributed by atoms with Crippen LogP contribution in [0.25, 0.3) is 0 Å². The van der Waals surface area contributed by atoms with E-state index in [0.717, 1.165) is 17.5 Å². The summed E-state index contributed by atoms with van der Waals surface area (Å²) in [5.41, 5.74) is 2.36. The predicted octanol–water partition coefficient (Wildman–Crippen LogP) is 2.57. The third-order valence-corrected chi connectivity index (χ3v) is 5.39. The number of benzene rings is 1. The molecule has 1 aromatic heterocycles. The van der Waals surface area contributed by atoms with E-state index in [2.05, 4.69) is 4.98 Å². The van der Waals surface area contributed by atoms with Gasteiger partial charge in [-0.3, -0.25) is 4.79 Å². The molecule has 1 aromatic carbocycles. The lowest BCUT2D eigenvalue weighted by Gasteiger charge is -2.26. The number of H-pyrrole nitrogens is 1.